The average Bonchev–Trinajstić information content (AvgIpc) is 2.72. The zero-order chi connectivity index (χ0) is 12.5. The van der Waals surface area contributed by atoms with Gasteiger partial charge in [-0.3, -0.25) is 14.9 Å². The minimum Gasteiger partial charge on any atom is -0.349 e. The van der Waals surface area contributed by atoms with Crippen LogP contribution in [-0.4, -0.2) is 22.9 Å². The molecule has 1 heterocycles. The van der Waals surface area contributed by atoms with Crippen molar-refractivity contribution in [3.05, 3.63) is 27.1 Å². The molecule has 0 unspecified atom stereocenters. The minimum atomic E-state index is -0.502. The Bertz CT molecular complexity index is 453. The van der Waals surface area contributed by atoms with Gasteiger partial charge in [0.2, 0.25) is 0 Å². The molecule has 1 aliphatic carbocycles. The van der Waals surface area contributed by atoms with Gasteiger partial charge in [0.05, 0.1) is 9.80 Å². The zero-order valence-electron chi connectivity index (χ0n) is 9.14. The number of nitrogens with two attached hydrogens (primary N) is 1. The number of hydrogen-bond acceptors (Lipinski definition) is 5. The molecule has 0 aromatic carbocycles. The normalized spacial score (nSPS) is 17.2. The first kappa shape index (κ1) is 12.0. The maximum atomic E-state index is 11.7. The van der Waals surface area contributed by atoms with E-state index in [-0.39, 0.29) is 16.4 Å². The van der Waals surface area contributed by atoms with Gasteiger partial charge in [-0.05, 0) is 25.3 Å². The van der Waals surface area contributed by atoms with Crippen LogP contribution in [0.3, 0.4) is 0 Å². The summed E-state index contributed by atoms with van der Waals surface area (Å²) in [6.07, 6.45) is 2.92. The zero-order valence-corrected chi connectivity index (χ0v) is 9.96. The lowest BCUT2D eigenvalue weighted by molar-refractivity contribution is -0.380. The van der Waals surface area contributed by atoms with Crippen LogP contribution >= 0.6 is 11.3 Å². The van der Waals surface area contributed by atoms with Gasteiger partial charge in [-0.25, -0.2) is 0 Å². The molecule has 0 saturated heterocycles. The lowest BCUT2D eigenvalue weighted by Gasteiger charge is -2.38. The Morgan fingerprint density at radius 2 is 2.29 bits per heavy atom. The second-order valence-corrected chi connectivity index (χ2v) is 5.36. The van der Waals surface area contributed by atoms with E-state index >= 15 is 0 Å². The second-order valence-electron chi connectivity index (χ2n) is 4.29. The average molecular weight is 255 g/mol. The van der Waals surface area contributed by atoms with Crippen molar-refractivity contribution in [2.24, 2.45) is 5.73 Å². The summed E-state index contributed by atoms with van der Waals surface area (Å²) in [6, 6.07) is 2.79. The Balaban J connectivity index is 1.92. The molecule has 0 bridgehead atoms. The van der Waals surface area contributed by atoms with Gasteiger partial charge in [0.15, 0.2) is 0 Å². The van der Waals surface area contributed by atoms with Crippen molar-refractivity contribution in [3.8, 4) is 0 Å². The molecule has 0 radical (unpaired) electrons. The first-order chi connectivity index (χ1) is 8.00. The van der Waals surface area contributed by atoms with Crippen LogP contribution in [0.2, 0.25) is 0 Å². The summed E-state index contributed by atoms with van der Waals surface area (Å²) in [7, 11) is 0. The summed E-state index contributed by atoms with van der Waals surface area (Å²) in [5, 5.41) is 13.2. The number of thiophene rings is 1. The van der Waals surface area contributed by atoms with E-state index in [0.717, 1.165) is 30.6 Å². The lowest BCUT2D eigenvalue weighted by atomic mass is 9.78. The molecule has 1 aromatic heterocycles. The van der Waals surface area contributed by atoms with Crippen LogP contribution in [0.5, 0.6) is 0 Å². The monoisotopic (exact) mass is 255 g/mol. The van der Waals surface area contributed by atoms with E-state index in [4.69, 9.17) is 5.73 Å². The molecule has 1 aliphatic rings. The van der Waals surface area contributed by atoms with Crippen LogP contribution in [0.25, 0.3) is 0 Å². The summed E-state index contributed by atoms with van der Waals surface area (Å²) in [5.74, 6) is -0.292. The molecule has 17 heavy (non-hydrogen) atoms. The number of carbonyl (C=O) groups is 1. The van der Waals surface area contributed by atoms with Crippen LogP contribution in [0.1, 0.15) is 28.9 Å². The number of nitrogens with one attached hydrogen (secondary N) is 1. The fraction of sp³-hybridized carbons (Fsp3) is 0.500. The quantitative estimate of drug-likeness (QED) is 0.625. The van der Waals surface area contributed by atoms with Gasteiger partial charge in [0.1, 0.15) is 0 Å². The van der Waals surface area contributed by atoms with Gasteiger partial charge in [0.25, 0.3) is 5.91 Å². The van der Waals surface area contributed by atoms with Crippen molar-refractivity contribution in [1.82, 2.24) is 5.32 Å². The van der Waals surface area contributed by atoms with Gasteiger partial charge < -0.3 is 11.1 Å². The Morgan fingerprint density at radius 3 is 2.76 bits per heavy atom. The van der Waals surface area contributed by atoms with Crippen molar-refractivity contribution in [3.63, 3.8) is 0 Å². The molecule has 0 atom stereocenters. The third-order valence-electron chi connectivity index (χ3n) is 2.95. The Labute approximate surface area is 102 Å². The van der Waals surface area contributed by atoms with Crippen LogP contribution in [0.15, 0.2) is 12.1 Å². The van der Waals surface area contributed by atoms with E-state index in [9.17, 15) is 14.9 Å². The first-order valence-corrected chi connectivity index (χ1v) is 6.13. The summed E-state index contributed by atoms with van der Waals surface area (Å²) in [6.45, 7) is 0.428. The van der Waals surface area contributed by atoms with E-state index < -0.39 is 4.92 Å². The van der Waals surface area contributed by atoms with E-state index in [1.165, 1.54) is 12.1 Å². The third kappa shape index (κ3) is 2.62. The lowest BCUT2D eigenvalue weighted by Crippen LogP contribution is -2.54. The minimum absolute atomic E-state index is 0.0266. The number of nitrogens with zero attached hydrogens (tertiary/aromatic N) is 1. The smallest absolute Gasteiger partial charge is 0.324 e. The van der Waals surface area contributed by atoms with E-state index in [0.29, 0.717) is 11.4 Å². The predicted molar refractivity (Wildman–Crippen MR) is 64.1 cm³/mol. The number of rotatable bonds is 4. The fourth-order valence-corrected chi connectivity index (χ4v) is 2.44. The van der Waals surface area contributed by atoms with Crippen LogP contribution in [-0.2, 0) is 0 Å². The maximum Gasteiger partial charge on any atom is 0.324 e. The number of nitro groups is 1. The largest absolute Gasteiger partial charge is 0.349 e. The van der Waals surface area contributed by atoms with Gasteiger partial charge in [-0.1, -0.05) is 11.3 Å². The molecule has 3 N–H and O–H groups in total. The highest BCUT2D eigenvalue weighted by molar-refractivity contribution is 7.17. The molecule has 7 heteroatoms. The van der Waals surface area contributed by atoms with Crippen LogP contribution in [0.4, 0.5) is 5.00 Å². The standard InChI is InChI=1S/C10H13N3O3S/c11-10(4-1-5-10)6-12-9(14)7-2-3-8(17-7)13(15)16/h2-3H,1,4-6,11H2,(H,12,14). The number of carbonyl (C=O) groups excluding carboxylic acids is 1. The molecule has 0 spiro atoms. The van der Waals surface area contributed by atoms with Crippen molar-refractivity contribution in [2.45, 2.75) is 24.8 Å². The summed E-state index contributed by atoms with van der Waals surface area (Å²) < 4.78 is 0. The molecule has 1 fully saturated rings. The molecule has 1 saturated carbocycles. The van der Waals surface area contributed by atoms with Gasteiger partial charge >= 0.3 is 5.00 Å². The van der Waals surface area contributed by atoms with Crippen LogP contribution < -0.4 is 11.1 Å². The molecule has 6 nitrogen and oxygen atoms in total. The number of amides is 1. The topological polar surface area (TPSA) is 98.3 Å². The molecule has 2 rings (SSSR count). The highest BCUT2D eigenvalue weighted by atomic mass is 32.1. The first-order valence-electron chi connectivity index (χ1n) is 5.31. The second kappa shape index (κ2) is 4.42. The Kier molecular flexibility index (Phi) is 3.12. The molecule has 1 amide bonds. The van der Waals surface area contributed by atoms with Crippen LogP contribution in [0, 0.1) is 10.1 Å². The van der Waals surface area contributed by atoms with Gasteiger partial charge in [0, 0.05) is 18.2 Å². The molecule has 92 valence electrons. The van der Waals surface area contributed by atoms with Crippen molar-refractivity contribution in [2.75, 3.05) is 6.54 Å². The molecular formula is C10H13N3O3S. The van der Waals surface area contributed by atoms with Gasteiger partial charge in [-0.15, -0.1) is 0 Å². The van der Waals surface area contributed by atoms with E-state index in [1.807, 2.05) is 0 Å². The summed E-state index contributed by atoms with van der Waals surface area (Å²) in [5.41, 5.74) is 5.68. The Hall–Kier alpha value is -1.47. The van der Waals surface area contributed by atoms with Gasteiger partial charge in [-0.2, -0.15) is 0 Å². The van der Waals surface area contributed by atoms with E-state index in [1.54, 1.807) is 0 Å². The van der Waals surface area contributed by atoms with E-state index in [2.05, 4.69) is 5.32 Å². The van der Waals surface area contributed by atoms with Crippen molar-refractivity contribution in [1.29, 1.82) is 0 Å². The number of hydrogen-bond donors (Lipinski definition) is 2. The molecular weight excluding hydrogens is 242 g/mol. The fourth-order valence-electron chi connectivity index (χ4n) is 1.70. The Morgan fingerprint density at radius 1 is 1.59 bits per heavy atom. The summed E-state index contributed by atoms with van der Waals surface area (Å²) >= 11 is 0.873. The third-order valence-corrected chi connectivity index (χ3v) is 3.98. The summed E-state index contributed by atoms with van der Waals surface area (Å²) in [4.78, 5) is 22.0. The predicted octanol–water partition coefficient (Wildman–Crippen LogP) is 1.27. The molecule has 1 aromatic rings. The molecule has 0 aliphatic heterocycles. The highest BCUT2D eigenvalue weighted by Crippen LogP contribution is 2.28. The highest BCUT2D eigenvalue weighted by Gasteiger charge is 2.32. The SMILES string of the molecule is NC1(CNC(=O)c2ccc([N+](=O)[O-])s2)CCC1. The maximum absolute atomic E-state index is 11.7. The van der Waals surface area contributed by atoms with Crippen molar-refractivity contribution >= 4 is 22.2 Å². The van der Waals surface area contributed by atoms with Crippen molar-refractivity contribution < 1.29 is 9.72 Å².